The smallest absolute Gasteiger partial charge is 0.228 e. The summed E-state index contributed by atoms with van der Waals surface area (Å²) in [5.74, 6) is 1.38. The lowest BCUT2D eigenvalue weighted by atomic mass is 10.1. The summed E-state index contributed by atoms with van der Waals surface area (Å²) in [5.41, 5.74) is 4.49. The van der Waals surface area contributed by atoms with E-state index in [2.05, 4.69) is 69.0 Å². The van der Waals surface area contributed by atoms with E-state index in [0.29, 0.717) is 12.0 Å². The minimum atomic E-state index is 0.575. The highest BCUT2D eigenvalue weighted by Gasteiger charge is 2.20. The molecule has 176 valence electrons. The molecule has 0 spiro atoms. The lowest BCUT2D eigenvalue weighted by molar-refractivity contribution is 0.271. The van der Waals surface area contributed by atoms with Crippen molar-refractivity contribution in [2.24, 2.45) is 0 Å². The van der Waals surface area contributed by atoms with E-state index in [1.165, 1.54) is 42.3 Å². The zero-order valence-electron chi connectivity index (χ0n) is 20.2. The number of nitrogens with one attached hydrogen (secondary N) is 1. The molecule has 1 saturated heterocycles. The van der Waals surface area contributed by atoms with Crippen molar-refractivity contribution in [1.29, 1.82) is 0 Å². The van der Waals surface area contributed by atoms with Crippen LogP contribution < -0.4 is 10.2 Å². The third-order valence-corrected chi connectivity index (χ3v) is 7.61. The monoisotopic (exact) mass is 455 g/mol. The Balaban J connectivity index is 1.28. The number of rotatable bonds is 5. The molecule has 0 amide bonds. The molecule has 1 aliphatic carbocycles. The van der Waals surface area contributed by atoms with Crippen LogP contribution in [0.4, 0.5) is 17.5 Å². The van der Waals surface area contributed by atoms with Gasteiger partial charge >= 0.3 is 0 Å². The van der Waals surface area contributed by atoms with E-state index in [4.69, 9.17) is 9.97 Å². The molecule has 2 aliphatic rings. The van der Waals surface area contributed by atoms with Crippen molar-refractivity contribution in [2.75, 3.05) is 42.9 Å². The molecule has 0 bridgehead atoms. The summed E-state index contributed by atoms with van der Waals surface area (Å²) in [6, 6.07) is 11.3. The predicted molar refractivity (Wildman–Crippen MR) is 139 cm³/mol. The summed E-state index contributed by atoms with van der Waals surface area (Å²) in [4.78, 5) is 19.3. The molecule has 3 aromatic heterocycles. The van der Waals surface area contributed by atoms with Crippen molar-refractivity contribution in [3.8, 4) is 0 Å². The topological polar surface area (TPSA) is 62.1 Å². The molecule has 1 N–H and O–H groups in total. The van der Waals surface area contributed by atoms with Crippen LogP contribution in [0, 0.1) is 6.92 Å². The number of pyridine rings is 1. The summed E-state index contributed by atoms with van der Waals surface area (Å²) >= 11 is 0. The van der Waals surface area contributed by atoms with Gasteiger partial charge in [0, 0.05) is 55.4 Å². The molecule has 1 aromatic carbocycles. The van der Waals surface area contributed by atoms with Crippen LogP contribution >= 0.6 is 0 Å². The number of nitrogens with zero attached hydrogens (tertiary/aromatic N) is 6. The zero-order valence-corrected chi connectivity index (χ0v) is 20.2. The molecule has 6 rings (SSSR count). The molecule has 4 heterocycles. The maximum atomic E-state index is 4.96. The number of piperazine rings is 1. The van der Waals surface area contributed by atoms with Crippen LogP contribution in [-0.4, -0.2) is 57.1 Å². The van der Waals surface area contributed by atoms with Gasteiger partial charge < -0.3 is 19.7 Å². The van der Waals surface area contributed by atoms with Gasteiger partial charge in [-0.05, 0) is 44.5 Å². The van der Waals surface area contributed by atoms with Gasteiger partial charge in [-0.3, -0.25) is 0 Å². The number of aryl methyl sites for hydroxylation is 1. The number of hydrogen-bond acceptors (Lipinski definition) is 6. The first kappa shape index (κ1) is 21.4. The normalized spacial score (nSPS) is 17.8. The second-order valence-corrected chi connectivity index (χ2v) is 9.64. The Bertz CT molecular complexity index is 1310. The Labute approximate surface area is 200 Å². The van der Waals surface area contributed by atoms with Crippen LogP contribution in [-0.2, 0) is 0 Å². The summed E-state index contributed by atoms with van der Waals surface area (Å²) in [6.07, 6.45) is 9.28. The number of aromatic nitrogens is 4. The van der Waals surface area contributed by atoms with Crippen LogP contribution in [0.3, 0.4) is 0 Å². The van der Waals surface area contributed by atoms with Crippen molar-refractivity contribution in [2.45, 2.75) is 45.6 Å². The maximum Gasteiger partial charge on any atom is 0.228 e. The third kappa shape index (κ3) is 3.88. The molecular formula is C27H33N7. The van der Waals surface area contributed by atoms with E-state index in [-0.39, 0.29) is 0 Å². The Morgan fingerprint density at radius 1 is 0.941 bits per heavy atom. The van der Waals surface area contributed by atoms with Crippen molar-refractivity contribution < 1.29 is 0 Å². The largest absolute Gasteiger partial charge is 0.368 e. The van der Waals surface area contributed by atoms with Gasteiger partial charge in [-0.1, -0.05) is 31.9 Å². The molecule has 2 fully saturated rings. The lowest BCUT2D eigenvalue weighted by Gasteiger charge is -2.36. The van der Waals surface area contributed by atoms with E-state index in [1.54, 1.807) is 0 Å². The maximum absolute atomic E-state index is 4.96. The summed E-state index contributed by atoms with van der Waals surface area (Å²) in [7, 11) is 0. The van der Waals surface area contributed by atoms with Crippen molar-refractivity contribution in [3.05, 3.63) is 48.4 Å². The molecule has 1 saturated carbocycles. The van der Waals surface area contributed by atoms with E-state index < -0.39 is 0 Å². The van der Waals surface area contributed by atoms with Gasteiger partial charge in [0.25, 0.3) is 0 Å². The highest BCUT2D eigenvalue weighted by molar-refractivity contribution is 6.03. The standard InChI is InChI=1S/C27H33N7/c1-3-32-14-16-33(17-15-32)23-10-11-24(29-19(23)2)30-27-28-18-21-9-8-20-12-13-34(22-6-4-5-7-22)26(20)25(21)31-27/h8-13,18,22H,3-7,14-17H2,1-2H3,(H,28,29,30,31). The Morgan fingerprint density at radius 3 is 2.50 bits per heavy atom. The lowest BCUT2D eigenvalue weighted by Crippen LogP contribution is -2.46. The van der Waals surface area contributed by atoms with Gasteiger partial charge in [-0.25, -0.2) is 15.0 Å². The first-order chi connectivity index (χ1) is 16.7. The summed E-state index contributed by atoms with van der Waals surface area (Å²) < 4.78 is 2.44. The Kier molecular flexibility index (Phi) is 5.57. The van der Waals surface area contributed by atoms with Crippen molar-refractivity contribution in [3.63, 3.8) is 0 Å². The van der Waals surface area contributed by atoms with E-state index in [1.807, 2.05) is 12.3 Å². The van der Waals surface area contributed by atoms with Gasteiger partial charge in [0.15, 0.2) is 0 Å². The first-order valence-electron chi connectivity index (χ1n) is 12.7. The summed E-state index contributed by atoms with van der Waals surface area (Å²) in [6.45, 7) is 9.76. The predicted octanol–water partition coefficient (Wildman–Crippen LogP) is 5.29. The number of hydrogen-bond donors (Lipinski definition) is 1. The fourth-order valence-corrected chi connectivity index (χ4v) is 5.66. The second kappa shape index (κ2) is 8.87. The molecule has 34 heavy (non-hydrogen) atoms. The van der Waals surface area contributed by atoms with E-state index in [9.17, 15) is 0 Å². The van der Waals surface area contributed by atoms with Gasteiger partial charge in [0.1, 0.15) is 11.3 Å². The Hall–Kier alpha value is -3.19. The van der Waals surface area contributed by atoms with Gasteiger partial charge in [0.05, 0.1) is 16.9 Å². The van der Waals surface area contributed by atoms with Crippen molar-refractivity contribution in [1.82, 2.24) is 24.4 Å². The quantitative estimate of drug-likeness (QED) is 0.441. The molecule has 1 aliphatic heterocycles. The van der Waals surface area contributed by atoms with E-state index >= 15 is 0 Å². The zero-order chi connectivity index (χ0) is 23.1. The van der Waals surface area contributed by atoms with Crippen LogP contribution in [0.1, 0.15) is 44.3 Å². The van der Waals surface area contributed by atoms with Crippen LogP contribution in [0.15, 0.2) is 42.7 Å². The highest BCUT2D eigenvalue weighted by Crippen LogP contribution is 2.35. The van der Waals surface area contributed by atoms with Crippen molar-refractivity contribution >= 4 is 39.3 Å². The number of fused-ring (bicyclic) bond motifs is 3. The molecule has 0 unspecified atom stereocenters. The molecule has 0 atom stereocenters. The average molecular weight is 456 g/mol. The average Bonchev–Trinajstić information content (AvgIpc) is 3.54. The first-order valence-corrected chi connectivity index (χ1v) is 12.7. The molecule has 4 aromatic rings. The molecule has 0 radical (unpaired) electrons. The van der Waals surface area contributed by atoms with Crippen LogP contribution in [0.25, 0.3) is 21.8 Å². The van der Waals surface area contributed by atoms with Gasteiger partial charge in [0.2, 0.25) is 5.95 Å². The number of anilines is 3. The SMILES string of the molecule is CCN1CCN(c2ccc(Nc3ncc4ccc5ccn(C6CCCC6)c5c4n3)nc2C)CC1. The summed E-state index contributed by atoms with van der Waals surface area (Å²) in [5, 5.41) is 5.67. The Morgan fingerprint density at radius 2 is 1.74 bits per heavy atom. The molecular weight excluding hydrogens is 422 g/mol. The van der Waals surface area contributed by atoms with Gasteiger partial charge in [-0.15, -0.1) is 0 Å². The highest BCUT2D eigenvalue weighted by atomic mass is 15.3. The molecule has 7 heteroatoms. The minimum Gasteiger partial charge on any atom is -0.368 e. The fraction of sp³-hybridized carbons (Fsp3) is 0.444. The van der Waals surface area contributed by atoms with Crippen LogP contribution in [0.5, 0.6) is 0 Å². The number of benzene rings is 1. The fourth-order valence-electron chi connectivity index (χ4n) is 5.66. The van der Waals surface area contributed by atoms with E-state index in [0.717, 1.165) is 55.1 Å². The minimum absolute atomic E-state index is 0.575. The second-order valence-electron chi connectivity index (χ2n) is 9.64. The number of likely N-dealkylation sites (N-methyl/N-ethyl adjacent to an activating group) is 1. The third-order valence-electron chi connectivity index (χ3n) is 7.61. The molecule has 7 nitrogen and oxygen atoms in total. The van der Waals surface area contributed by atoms with Crippen LogP contribution in [0.2, 0.25) is 0 Å². The van der Waals surface area contributed by atoms with Gasteiger partial charge in [-0.2, -0.15) is 0 Å².